The second kappa shape index (κ2) is 7.79. The molecular formula is C25H20O2. The summed E-state index contributed by atoms with van der Waals surface area (Å²) in [5, 5.41) is 9.33. The first-order valence-corrected chi connectivity index (χ1v) is 8.96. The van der Waals surface area contributed by atoms with Crippen molar-refractivity contribution in [2.75, 3.05) is 0 Å². The molecule has 4 aromatic carbocycles. The molecule has 0 atom stereocenters. The number of aromatic hydroxyl groups is 1. The molecule has 0 saturated heterocycles. The Morgan fingerprint density at radius 3 is 1.59 bits per heavy atom. The van der Waals surface area contributed by atoms with Crippen LogP contribution in [0.25, 0.3) is 11.1 Å². The monoisotopic (exact) mass is 352 g/mol. The minimum atomic E-state index is 0.230. The van der Waals surface area contributed by atoms with Gasteiger partial charge in [-0.3, -0.25) is 0 Å². The van der Waals surface area contributed by atoms with E-state index in [-0.39, 0.29) is 5.75 Å². The Bertz CT molecular complexity index is 987. The third kappa shape index (κ3) is 4.36. The minimum absolute atomic E-state index is 0.230. The topological polar surface area (TPSA) is 29.5 Å². The van der Waals surface area contributed by atoms with Crippen LogP contribution in [0.3, 0.4) is 0 Å². The molecule has 0 saturated carbocycles. The van der Waals surface area contributed by atoms with Gasteiger partial charge in [-0.2, -0.15) is 0 Å². The summed E-state index contributed by atoms with van der Waals surface area (Å²) in [6, 6.07) is 33.9. The molecule has 2 heteroatoms. The van der Waals surface area contributed by atoms with Crippen molar-refractivity contribution in [1.29, 1.82) is 0 Å². The van der Waals surface area contributed by atoms with Gasteiger partial charge in [0, 0.05) is 0 Å². The largest absolute Gasteiger partial charge is 0.508 e. The zero-order valence-electron chi connectivity index (χ0n) is 14.9. The van der Waals surface area contributed by atoms with E-state index in [1.807, 2.05) is 18.2 Å². The molecule has 0 aliphatic rings. The van der Waals surface area contributed by atoms with Gasteiger partial charge in [0.2, 0.25) is 0 Å². The fourth-order valence-electron chi connectivity index (χ4n) is 3.01. The highest BCUT2D eigenvalue weighted by molar-refractivity contribution is 5.64. The average Bonchev–Trinajstić information content (AvgIpc) is 2.72. The molecular weight excluding hydrogens is 332 g/mol. The second-order valence-electron chi connectivity index (χ2n) is 6.48. The number of rotatable bonds is 5. The van der Waals surface area contributed by atoms with Crippen LogP contribution in [0.2, 0.25) is 0 Å². The molecule has 0 bridgehead atoms. The van der Waals surface area contributed by atoms with E-state index in [0.29, 0.717) is 5.75 Å². The zero-order valence-corrected chi connectivity index (χ0v) is 14.9. The van der Waals surface area contributed by atoms with E-state index in [0.717, 1.165) is 17.7 Å². The lowest BCUT2D eigenvalue weighted by atomic mass is 10.0. The standard InChI is InChI=1S/C25H20O2/c26-23-12-16-25(17-13-23)27-24-14-10-22(11-15-24)21-8-6-20(7-9-21)18-19-4-2-1-3-5-19/h1-17,26H,18H2. The van der Waals surface area contributed by atoms with E-state index in [2.05, 4.69) is 60.7 Å². The van der Waals surface area contributed by atoms with Crippen LogP contribution in [0, 0.1) is 0 Å². The summed E-state index contributed by atoms with van der Waals surface area (Å²) in [6.45, 7) is 0. The summed E-state index contributed by atoms with van der Waals surface area (Å²) >= 11 is 0. The van der Waals surface area contributed by atoms with Crippen molar-refractivity contribution < 1.29 is 9.84 Å². The number of hydrogen-bond donors (Lipinski definition) is 1. The molecule has 0 unspecified atom stereocenters. The van der Waals surface area contributed by atoms with E-state index >= 15 is 0 Å². The summed E-state index contributed by atoms with van der Waals surface area (Å²) < 4.78 is 5.80. The quantitative estimate of drug-likeness (QED) is 0.448. The van der Waals surface area contributed by atoms with Crippen LogP contribution in [-0.2, 0) is 6.42 Å². The SMILES string of the molecule is Oc1ccc(Oc2ccc(-c3ccc(Cc4ccccc4)cc3)cc2)cc1. The van der Waals surface area contributed by atoms with Crippen LogP contribution in [0.1, 0.15) is 11.1 Å². The molecule has 4 rings (SSSR count). The Kier molecular flexibility index (Phi) is 4.88. The van der Waals surface area contributed by atoms with E-state index < -0.39 is 0 Å². The molecule has 2 nitrogen and oxygen atoms in total. The lowest BCUT2D eigenvalue weighted by molar-refractivity contribution is 0.464. The number of ether oxygens (including phenoxy) is 1. The first kappa shape index (κ1) is 16.9. The van der Waals surface area contributed by atoms with Gasteiger partial charge in [0.25, 0.3) is 0 Å². The van der Waals surface area contributed by atoms with Crippen LogP contribution in [0.4, 0.5) is 0 Å². The van der Waals surface area contributed by atoms with Crippen molar-refractivity contribution in [3.63, 3.8) is 0 Å². The minimum Gasteiger partial charge on any atom is -0.508 e. The maximum absolute atomic E-state index is 9.33. The molecule has 4 aromatic rings. The molecule has 0 spiro atoms. The maximum Gasteiger partial charge on any atom is 0.127 e. The smallest absolute Gasteiger partial charge is 0.127 e. The molecule has 0 aliphatic heterocycles. The Hall–Kier alpha value is -3.52. The third-order valence-electron chi connectivity index (χ3n) is 4.47. The molecule has 0 fully saturated rings. The van der Waals surface area contributed by atoms with Gasteiger partial charge in [-0.15, -0.1) is 0 Å². The molecule has 0 amide bonds. The summed E-state index contributed by atoms with van der Waals surface area (Å²) in [5.41, 5.74) is 4.96. The van der Waals surface area contributed by atoms with Gasteiger partial charge in [-0.1, -0.05) is 66.7 Å². The average molecular weight is 352 g/mol. The molecule has 132 valence electrons. The van der Waals surface area contributed by atoms with E-state index in [9.17, 15) is 5.11 Å². The normalized spacial score (nSPS) is 10.5. The predicted octanol–water partition coefficient (Wildman–Crippen LogP) is 6.44. The van der Waals surface area contributed by atoms with Crippen molar-refractivity contribution in [2.24, 2.45) is 0 Å². The molecule has 0 heterocycles. The Morgan fingerprint density at radius 2 is 1.00 bits per heavy atom. The molecule has 0 radical (unpaired) electrons. The number of phenolic OH excluding ortho intramolecular Hbond substituents is 1. The maximum atomic E-state index is 9.33. The van der Waals surface area contributed by atoms with Crippen LogP contribution in [0.15, 0.2) is 103 Å². The van der Waals surface area contributed by atoms with Crippen molar-refractivity contribution in [3.8, 4) is 28.4 Å². The van der Waals surface area contributed by atoms with Crippen molar-refractivity contribution in [2.45, 2.75) is 6.42 Å². The lowest BCUT2D eigenvalue weighted by Crippen LogP contribution is -1.88. The second-order valence-corrected chi connectivity index (χ2v) is 6.48. The van der Waals surface area contributed by atoms with Gasteiger partial charge in [-0.05, 0) is 65.1 Å². The van der Waals surface area contributed by atoms with Crippen molar-refractivity contribution in [3.05, 3.63) is 114 Å². The van der Waals surface area contributed by atoms with Gasteiger partial charge in [0.05, 0.1) is 0 Å². The van der Waals surface area contributed by atoms with Crippen LogP contribution in [0.5, 0.6) is 17.2 Å². The molecule has 27 heavy (non-hydrogen) atoms. The lowest BCUT2D eigenvalue weighted by Gasteiger charge is -2.08. The van der Waals surface area contributed by atoms with Gasteiger partial charge >= 0.3 is 0 Å². The molecule has 1 N–H and O–H groups in total. The Labute approximate surface area is 159 Å². The van der Waals surface area contributed by atoms with Crippen molar-refractivity contribution >= 4 is 0 Å². The van der Waals surface area contributed by atoms with E-state index in [1.54, 1.807) is 24.3 Å². The molecule has 0 aliphatic carbocycles. The highest BCUT2D eigenvalue weighted by atomic mass is 16.5. The van der Waals surface area contributed by atoms with E-state index in [4.69, 9.17) is 4.74 Å². The van der Waals surface area contributed by atoms with Gasteiger partial charge in [0.1, 0.15) is 17.2 Å². The summed E-state index contributed by atoms with van der Waals surface area (Å²) in [7, 11) is 0. The van der Waals surface area contributed by atoms with Gasteiger partial charge in [-0.25, -0.2) is 0 Å². The highest BCUT2D eigenvalue weighted by Crippen LogP contribution is 2.27. The highest BCUT2D eigenvalue weighted by Gasteiger charge is 2.02. The van der Waals surface area contributed by atoms with Crippen LogP contribution < -0.4 is 4.74 Å². The van der Waals surface area contributed by atoms with Gasteiger partial charge in [0.15, 0.2) is 0 Å². The number of benzene rings is 4. The molecule has 0 aromatic heterocycles. The fourth-order valence-corrected chi connectivity index (χ4v) is 3.01. The van der Waals surface area contributed by atoms with Gasteiger partial charge < -0.3 is 9.84 Å². The summed E-state index contributed by atoms with van der Waals surface area (Å²) in [5.74, 6) is 1.70. The van der Waals surface area contributed by atoms with Crippen LogP contribution in [-0.4, -0.2) is 5.11 Å². The van der Waals surface area contributed by atoms with E-state index in [1.165, 1.54) is 16.7 Å². The zero-order chi connectivity index (χ0) is 18.5. The number of hydrogen-bond acceptors (Lipinski definition) is 2. The Balaban J connectivity index is 1.44. The van der Waals surface area contributed by atoms with Crippen molar-refractivity contribution in [1.82, 2.24) is 0 Å². The fraction of sp³-hybridized carbons (Fsp3) is 0.0400. The summed E-state index contributed by atoms with van der Waals surface area (Å²) in [6.07, 6.45) is 0.945. The number of phenols is 1. The Morgan fingerprint density at radius 1 is 0.519 bits per heavy atom. The summed E-state index contributed by atoms with van der Waals surface area (Å²) in [4.78, 5) is 0. The predicted molar refractivity (Wildman–Crippen MR) is 109 cm³/mol. The first-order chi connectivity index (χ1) is 13.3. The third-order valence-corrected chi connectivity index (χ3v) is 4.47. The van der Waals surface area contributed by atoms with Crippen LogP contribution >= 0.6 is 0 Å². The first-order valence-electron chi connectivity index (χ1n) is 8.96.